The van der Waals surface area contributed by atoms with E-state index in [1.165, 1.54) is 17.1 Å². The number of hydroxylamine groups is 1. The van der Waals surface area contributed by atoms with E-state index in [9.17, 15) is 28.0 Å². The van der Waals surface area contributed by atoms with E-state index in [1.54, 1.807) is 17.6 Å². The summed E-state index contributed by atoms with van der Waals surface area (Å²) >= 11 is 0. The molecule has 1 aliphatic rings. The van der Waals surface area contributed by atoms with Gasteiger partial charge in [-0.2, -0.15) is 8.42 Å². The third kappa shape index (κ3) is 11.8. The van der Waals surface area contributed by atoms with Crippen molar-refractivity contribution in [1.82, 2.24) is 15.9 Å². The van der Waals surface area contributed by atoms with Crippen LogP contribution in [0.1, 0.15) is 64.5 Å². The Morgan fingerprint density at radius 3 is 2.02 bits per heavy atom. The number of aryl methyl sites for hydroxylation is 1. The molecule has 3 amide bonds. The number of carbonyl (C=O) groups is 3. The van der Waals surface area contributed by atoms with Crippen molar-refractivity contribution in [2.75, 3.05) is 6.54 Å². The lowest BCUT2D eigenvalue weighted by molar-refractivity contribution is -0.148. The minimum Gasteiger partial charge on any atom is -0.317 e. The molecule has 2 aromatic rings. The molecular formula is C32H46N4O7S. The molecule has 1 saturated carbocycles. The molecule has 0 spiro atoms. The second-order valence-electron chi connectivity index (χ2n) is 12.1. The average Bonchev–Trinajstić information content (AvgIpc) is 3.71. The molecule has 0 heterocycles. The number of allylic oxidation sites excluding steroid dienone is 1. The summed E-state index contributed by atoms with van der Waals surface area (Å²) in [4.78, 5) is 38.8. The maximum absolute atomic E-state index is 13.4. The normalized spacial score (nSPS) is 15.2. The Kier molecular flexibility index (Phi) is 13.7. The molecule has 44 heavy (non-hydrogen) atoms. The first-order valence-corrected chi connectivity index (χ1v) is 16.1. The highest BCUT2D eigenvalue weighted by Gasteiger charge is 2.49. The molecule has 0 bridgehead atoms. The maximum atomic E-state index is 13.4. The Balaban J connectivity index is 0.000000514. The van der Waals surface area contributed by atoms with Crippen LogP contribution >= 0.6 is 0 Å². The number of rotatable bonds is 12. The molecule has 11 nitrogen and oxygen atoms in total. The molecule has 12 heteroatoms. The zero-order chi connectivity index (χ0) is 33.1. The maximum Gasteiger partial charge on any atom is 0.294 e. The van der Waals surface area contributed by atoms with E-state index in [0.29, 0.717) is 25.8 Å². The lowest BCUT2D eigenvalue weighted by Gasteiger charge is -2.31. The van der Waals surface area contributed by atoms with E-state index in [0.717, 1.165) is 11.1 Å². The highest BCUT2D eigenvalue weighted by atomic mass is 32.2. The third-order valence-corrected chi connectivity index (χ3v) is 7.93. The second kappa shape index (κ2) is 16.5. The number of hydrazine groups is 1. The third-order valence-electron chi connectivity index (χ3n) is 7.07. The monoisotopic (exact) mass is 630 g/mol. The molecule has 6 N–H and O–H groups in total. The number of nitrogens with zero attached hydrogens (tertiary/aromatic N) is 1. The molecule has 0 aliphatic heterocycles. The first-order chi connectivity index (χ1) is 20.6. The molecule has 2 aromatic carbocycles. The van der Waals surface area contributed by atoms with Crippen LogP contribution < -0.4 is 16.6 Å². The summed E-state index contributed by atoms with van der Waals surface area (Å²) < 4.78 is 29.6. The summed E-state index contributed by atoms with van der Waals surface area (Å²) in [5, 5.41) is 10.7. The molecule has 1 aliphatic carbocycles. The number of carbonyl (C=O) groups excluding carboxylic acids is 3. The van der Waals surface area contributed by atoms with Crippen LogP contribution in [0.5, 0.6) is 0 Å². The van der Waals surface area contributed by atoms with Crippen LogP contribution in [0, 0.1) is 30.6 Å². The number of hydrogen-bond acceptors (Lipinski definition) is 7. The standard InChI is InChI=1S/C25H38N4O4.C7H8O3S/c1-17(2)15-21(20(23(31)28-33)12-8-11-19-9-6-5-7-10-19)22(30)27-29(16-18(3)4)24(32)25(26)13-14-25;1-6-2-4-7(5-3-6)11(8,9)10/h5-11,17-18,20-21,33H,12-16,26H2,1-4H3,(H,27,30)(H,28,31);2-5H,1H3,(H,8,9,10)/b11-8+;/t20-,21+;/m0./s1. The Bertz CT molecular complexity index is 1370. The van der Waals surface area contributed by atoms with Gasteiger partial charge in [0.25, 0.3) is 16.0 Å². The van der Waals surface area contributed by atoms with Crippen LogP contribution in [0.2, 0.25) is 0 Å². The van der Waals surface area contributed by atoms with Crippen LogP contribution in [0.3, 0.4) is 0 Å². The number of benzene rings is 2. The lowest BCUT2D eigenvalue weighted by atomic mass is 9.82. The molecular weight excluding hydrogens is 584 g/mol. The molecule has 242 valence electrons. The van der Waals surface area contributed by atoms with Gasteiger partial charge in [-0.15, -0.1) is 0 Å². The SMILES string of the molecule is CC(C)C[C@@H](C(=O)NN(CC(C)C)C(=O)C1(N)CC1)[C@H](C/C=C/c1ccccc1)C(=O)NO.Cc1ccc(S(=O)(=O)O)cc1. The summed E-state index contributed by atoms with van der Waals surface area (Å²) in [6.45, 7) is 9.99. The summed E-state index contributed by atoms with van der Waals surface area (Å²) in [7, 11) is -4.02. The van der Waals surface area contributed by atoms with Gasteiger partial charge in [0, 0.05) is 6.54 Å². The van der Waals surface area contributed by atoms with Crippen LogP contribution in [0.25, 0.3) is 6.08 Å². The van der Waals surface area contributed by atoms with Crippen molar-refractivity contribution >= 4 is 33.9 Å². The largest absolute Gasteiger partial charge is 0.317 e. The van der Waals surface area contributed by atoms with E-state index in [2.05, 4.69) is 5.43 Å². The van der Waals surface area contributed by atoms with E-state index in [-0.39, 0.29) is 29.1 Å². The van der Waals surface area contributed by atoms with Crippen molar-refractivity contribution in [3.05, 3.63) is 71.8 Å². The van der Waals surface area contributed by atoms with Crippen LogP contribution in [0.15, 0.2) is 65.6 Å². The Labute approximate surface area is 260 Å². The van der Waals surface area contributed by atoms with E-state index in [4.69, 9.17) is 10.3 Å². The van der Waals surface area contributed by atoms with Gasteiger partial charge in [0.1, 0.15) is 0 Å². The molecule has 0 saturated heterocycles. The fourth-order valence-electron chi connectivity index (χ4n) is 4.50. The zero-order valence-corrected chi connectivity index (χ0v) is 26.9. The minimum atomic E-state index is -4.02. The van der Waals surface area contributed by atoms with Gasteiger partial charge < -0.3 is 5.73 Å². The van der Waals surface area contributed by atoms with Crippen molar-refractivity contribution in [2.24, 2.45) is 29.4 Å². The van der Waals surface area contributed by atoms with Crippen LogP contribution in [-0.2, 0) is 24.5 Å². The minimum absolute atomic E-state index is 0.0666. The lowest BCUT2D eigenvalue weighted by Crippen LogP contribution is -2.57. The van der Waals surface area contributed by atoms with Crippen molar-refractivity contribution in [2.45, 2.75) is 70.7 Å². The fraction of sp³-hybridized carbons (Fsp3) is 0.469. The van der Waals surface area contributed by atoms with Gasteiger partial charge in [-0.3, -0.25) is 34.6 Å². The highest BCUT2D eigenvalue weighted by Crippen LogP contribution is 2.34. The molecule has 0 radical (unpaired) electrons. The fourth-order valence-corrected chi connectivity index (χ4v) is 4.98. The number of nitrogens with one attached hydrogen (secondary N) is 2. The Morgan fingerprint density at radius 2 is 1.55 bits per heavy atom. The zero-order valence-electron chi connectivity index (χ0n) is 26.1. The van der Waals surface area contributed by atoms with Gasteiger partial charge in [0.05, 0.1) is 22.3 Å². The summed E-state index contributed by atoms with van der Waals surface area (Å²) in [6, 6.07) is 15.6. The number of nitrogens with two attached hydrogens (primary N) is 1. The van der Waals surface area contributed by atoms with Crippen LogP contribution in [-0.4, -0.2) is 53.0 Å². The van der Waals surface area contributed by atoms with Crippen molar-refractivity contribution < 1.29 is 32.6 Å². The summed E-state index contributed by atoms with van der Waals surface area (Å²) in [5.74, 6) is -2.68. The summed E-state index contributed by atoms with van der Waals surface area (Å²) in [6.07, 6.45) is 5.55. The van der Waals surface area contributed by atoms with Crippen LogP contribution in [0.4, 0.5) is 0 Å². The molecule has 0 aromatic heterocycles. The molecule has 1 fully saturated rings. The Morgan fingerprint density at radius 1 is 0.955 bits per heavy atom. The van der Waals surface area contributed by atoms with Crippen molar-refractivity contribution in [3.8, 4) is 0 Å². The Hall–Kier alpha value is -3.58. The van der Waals surface area contributed by atoms with Gasteiger partial charge in [-0.05, 0) is 62.1 Å². The topological polar surface area (TPSA) is 179 Å². The predicted octanol–water partition coefficient (Wildman–Crippen LogP) is 4.12. The van der Waals surface area contributed by atoms with Gasteiger partial charge in [-0.1, -0.05) is 87.9 Å². The van der Waals surface area contributed by atoms with Gasteiger partial charge in [-0.25, -0.2) is 5.48 Å². The second-order valence-corrected chi connectivity index (χ2v) is 13.5. The van der Waals surface area contributed by atoms with Crippen molar-refractivity contribution in [1.29, 1.82) is 0 Å². The number of amides is 3. The van der Waals surface area contributed by atoms with Crippen molar-refractivity contribution in [3.63, 3.8) is 0 Å². The highest BCUT2D eigenvalue weighted by molar-refractivity contribution is 7.85. The molecule has 0 unspecified atom stereocenters. The first-order valence-electron chi connectivity index (χ1n) is 14.7. The van der Waals surface area contributed by atoms with E-state index < -0.39 is 39.3 Å². The quantitative estimate of drug-likeness (QED) is 0.132. The number of hydrogen-bond donors (Lipinski definition) is 5. The van der Waals surface area contributed by atoms with E-state index >= 15 is 0 Å². The molecule has 3 rings (SSSR count). The smallest absolute Gasteiger partial charge is 0.294 e. The molecule has 2 atom stereocenters. The first kappa shape index (κ1) is 36.6. The average molecular weight is 631 g/mol. The van der Waals surface area contributed by atoms with Gasteiger partial charge in [0.2, 0.25) is 11.8 Å². The van der Waals surface area contributed by atoms with Gasteiger partial charge in [0.15, 0.2) is 0 Å². The predicted molar refractivity (Wildman–Crippen MR) is 168 cm³/mol. The van der Waals surface area contributed by atoms with Gasteiger partial charge >= 0.3 is 0 Å². The van der Waals surface area contributed by atoms with E-state index in [1.807, 2.05) is 77.1 Å². The summed E-state index contributed by atoms with van der Waals surface area (Å²) in [5.41, 5.74) is 11.6.